The number of ketones is 1. The molecule has 0 fully saturated rings. The first-order chi connectivity index (χ1) is 11.2. The second-order valence-electron chi connectivity index (χ2n) is 6.62. The van der Waals surface area contributed by atoms with Gasteiger partial charge in [-0.25, -0.2) is 14.8 Å². The number of ether oxygens (including phenoxy) is 1. The third-order valence-electron chi connectivity index (χ3n) is 2.96. The summed E-state index contributed by atoms with van der Waals surface area (Å²) in [7, 11) is 0. The summed E-state index contributed by atoms with van der Waals surface area (Å²) in [6.45, 7) is 9.37. The Kier molecular flexibility index (Phi) is 5.33. The van der Waals surface area contributed by atoms with Crippen molar-refractivity contribution in [3.8, 4) is 0 Å². The van der Waals surface area contributed by atoms with Crippen LogP contribution in [0.3, 0.4) is 0 Å². The third kappa shape index (κ3) is 4.86. The van der Waals surface area contributed by atoms with E-state index in [4.69, 9.17) is 4.74 Å². The van der Waals surface area contributed by atoms with E-state index in [0.29, 0.717) is 10.6 Å². The Morgan fingerprint density at radius 1 is 1.29 bits per heavy atom. The average Bonchev–Trinajstić information content (AvgIpc) is 2.94. The van der Waals surface area contributed by atoms with E-state index in [1.807, 2.05) is 19.2 Å². The van der Waals surface area contributed by atoms with Crippen LogP contribution in [0.2, 0.25) is 0 Å². The van der Waals surface area contributed by atoms with E-state index in [2.05, 4.69) is 15.3 Å². The van der Waals surface area contributed by atoms with Crippen LogP contribution in [0.25, 0.3) is 0 Å². The molecule has 0 radical (unpaired) electrons. The minimum Gasteiger partial charge on any atom is -0.444 e. The molecule has 2 heterocycles. The summed E-state index contributed by atoms with van der Waals surface area (Å²) in [6, 6.07) is 3.11. The van der Waals surface area contributed by atoms with Crippen molar-refractivity contribution < 1.29 is 14.3 Å². The molecule has 0 aliphatic carbocycles. The second kappa shape index (κ2) is 7.09. The molecule has 2 aromatic rings. The largest absolute Gasteiger partial charge is 0.444 e. The van der Waals surface area contributed by atoms with E-state index in [0.717, 1.165) is 5.69 Å². The van der Waals surface area contributed by atoms with Gasteiger partial charge < -0.3 is 4.74 Å². The lowest BCUT2D eigenvalue weighted by atomic mass is 10.1. The zero-order valence-electron chi connectivity index (χ0n) is 14.4. The molecular weight excluding hydrogens is 326 g/mol. The summed E-state index contributed by atoms with van der Waals surface area (Å²) in [5.41, 5.74) is 0.705. The first-order valence-electron chi connectivity index (χ1n) is 7.62. The normalized spacial score (nSPS) is 11.4. The maximum Gasteiger partial charge on any atom is 0.413 e. The monoisotopic (exact) mass is 347 g/mol. The predicted octanol–water partition coefficient (Wildman–Crippen LogP) is 4.24. The van der Waals surface area contributed by atoms with Crippen LogP contribution in [0.4, 0.5) is 10.6 Å². The molecule has 0 atom stereocenters. The Bertz CT molecular complexity index is 748. The molecule has 24 heavy (non-hydrogen) atoms. The Morgan fingerprint density at radius 2 is 2.00 bits per heavy atom. The molecule has 0 aliphatic heterocycles. The van der Waals surface area contributed by atoms with Gasteiger partial charge in [-0.15, -0.1) is 11.3 Å². The molecule has 0 spiro atoms. The number of anilines is 1. The van der Waals surface area contributed by atoms with Crippen LogP contribution in [-0.4, -0.2) is 27.4 Å². The van der Waals surface area contributed by atoms with Gasteiger partial charge in [-0.05, 0) is 38.8 Å². The van der Waals surface area contributed by atoms with E-state index in [1.54, 1.807) is 26.8 Å². The molecule has 0 aliphatic rings. The van der Waals surface area contributed by atoms with Crippen LogP contribution < -0.4 is 5.32 Å². The summed E-state index contributed by atoms with van der Waals surface area (Å²) in [5.74, 6) is 0.335. The van der Waals surface area contributed by atoms with Crippen LogP contribution >= 0.6 is 11.3 Å². The number of nitrogens with one attached hydrogen (secondary N) is 1. The predicted molar refractivity (Wildman–Crippen MR) is 93.7 cm³/mol. The number of hydrogen-bond donors (Lipinski definition) is 1. The highest BCUT2D eigenvalue weighted by Crippen LogP contribution is 2.21. The maximum absolute atomic E-state index is 12.5. The van der Waals surface area contributed by atoms with Crippen molar-refractivity contribution >= 4 is 29.0 Å². The van der Waals surface area contributed by atoms with Crippen LogP contribution in [-0.2, 0) is 4.74 Å². The molecule has 0 saturated carbocycles. The Hall–Kier alpha value is -2.28. The molecule has 1 N–H and O–H groups in total. The van der Waals surface area contributed by atoms with Gasteiger partial charge in [0, 0.05) is 17.1 Å². The van der Waals surface area contributed by atoms with Crippen molar-refractivity contribution in [2.75, 3.05) is 5.32 Å². The number of carbonyl (C=O) groups is 2. The van der Waals surface area contributed by atoms with Crippen molar-refractivity contribution in [3.05, 3.63) is 40.0 Å². The molecule has 6 nitrogen and oxygen atoms in total. The smallest absolute Gasteiger partial charge is 0.413 e. The summed E-state index contributed by atoms with van der Waals surface area (Å²) >= 11 is 1.32. The van der Waals surface area contributed by atoms with Crippen LogP contribution in [0.1, 0.15) is 61.6 Å². The third-order valence-corrected chi connectivity index (χ3v) is 3.82. The van der Waals surface area contributed by atoms with Crippen molar-refractivity contribution in [1.29, 1.82) is 0 Å². The van der Waals surface area contributed by atoms with E-state index in [9.17, 15) is 9.59 Å². The van der Waals surface area contributed by atoms with Crippen molar-refractivity contribution in [2.24, 2.45) is 0 Å². The lowest BCUT2D eigenvalue weighted by molar-refractivity contribution is 0.0635. The molecule has 0 bridgehead atoms. The van der Waals surface area contributed by atoms with Crippen molar-refractivity contribution in [3.63, 3.8) is 0 Å². The highest BCUT2D eigenvalue weighted by atomic mass is 32.1. The van der Waals surface area contributed by atoms with Gasteiger partial charge in [-0.2, -0.15) is 0 Å². The molecule has 2 rings (SSSR count). The minimum absolute atomic E-state index is 0.193. The number of rotatable bonds is 4. The number of pyridine rings is 1. The van der Waals surface area contributed by atoms with Gasteiger partial charge in [0.05, 0.1) is 5.69 Å². The molecule has 0 saturated heterocycles. The fourth-order valence-electron chi connectivity index (χ4n) is 1.83. The fraction of sp³-hybridized carbons (Fsp3) is 0.412. The van der Waals surface area contributed by atoms with E-state index < -0.39 is 11.7 Å². The fourth-order valence-corrected chi connectivity index (χ4v) is 2.77. The maximum atomic E-state index is 12.5. The number of hydrogen-bond acceptors (Lipinski definition) is 6. The summed E-state index contributed by atoms with van der Waals surface area (Å²) < 4.78 is 5.17. The Labute approximate surface area is 145 Å². The molecule has 7 heteroatoms. The lowest BCUT2D eigenvalue weighted by Crippen LogP contribution is -2.27. The number of aromatic nitrogens is 2. The van der Waals surface area contributed by atoms with Crippen molar-refractivity contribution in [1.82, 2.24) is 9.97 Å². The van der Waals surface area contributed by atoms with Gasteiger partial charge in [0.2, 0.25) is 5.78 Å². The number of thiazole rings is 1. The quantitative estimate of drug-likeness (QED) is 0.837. The van der Waals surface area contributed by atoms with Gasteiger partial charge in [-0.3, -0.25) is 10.1 Å². The first kappa shape index (κ1) is 18.1. The highest BCUT2D eigenvalue weighted by Gasteiger charge is 2.18. The topological polar surface area (TPSA) is 81.2 Å². The van der Waals surface area contributed by atoms with Crippen LogP contribution in [0.15, 0.2) is 23.7 Å². The molecular formula is C17H21N3O3S. The van der Waals surface area contributed by atoms with E-state index in [1.165, 1.54) is 23.6 Å². The standard InChI is InChI=1S/C17H21N3O3S/c1-10(2)12-9-24-15(19-12)14(21)11-6-7-18-13(8-11)20-16(22)23-17(3,4)5/h6-10H,1-5H3,(H,18,20,22). The zero-order chi connectivity index (χ0) is 17.9. The molecule has 128 valence electrons. The van der Waals surface area contributed by atoms with E-state index in [-0.39, 0.29) is 17.5 Å². The van der Waals surface area contributed by atoms with Gasteiger partial charge in [0.15, 0.2) is 5.01 Å². The number of amides is 1. The minimum atomic E-state index is -0.615. The molecule has 0 unspecified atom stereocenters. The number of carbonyl (C=O) groups excluding carboxylic acids is 2. The molecule has 2 aromatic heterocycles. The van der Waals surface area contributed by atoms with Gasteiger partial charge in [0.1, 0.15) is 11.4 Å². The summed E-state index contributed by atoms with van der Waals surface area (Å²) in [4.78, 5) is 32.7. The number of nitrogens with zero attached hydrogens (tertiary/aromatic N) is 2. The van der Waals surface area contributed by atoms with Gasteiger partial charge >= 0.3 is 6.09 Å². The van der Waals surface area contributed by atoms with Gasteiger partial charge in [0.25, 0.3) is 0 Å². The Balaban J connectivity index is 2.14. The van der Waals surface area contributed by atoms with Gasteiger partial charge in [-0.1, -0.05) is 13.8 Å². The first-order valence-corrected chi connectivity index (χ1v) is 8.50. The Morgan fingerprint density at radius 3 is 2.58 bits per heavy atom. The van der Waals surface area contributed by atoms with E-state index >= 15 is 0 Å². The van der Waals surface area contributed by atoms with Crippen LogP contribution in [0, 0.1) is 0 Å². The highest BCUT2D eigenvalue weighted by molar-refractivity contribution is 7.12. The zero-order valence-corrected chi connectivity index (χ0v) is 15.2. The average molecular weight is 347 g/mol. The SMILES string of the molecule is CC(C)c1csc(C(=O)c2ccnc(NC(=O)OC(C)(C)C)c2)n1. The summed E-state index contributed by atoms with van der Waals surface area (Å²) in [6.07, 6.45) is 0.854. The lowest BCUT2D eigenvalue weighted by Gasteiger charge is -2.19. The summed E-state index contributed by atoms with van der Waals surface area (Å²) in [5, 5.41) is 4.84. The molecule has 1 amide bonds. The molecule has 0 aromatic carbocycles. The van der Waals surface area contributed by atoms with Crippen LogP contribution in [0.5, 0.6) is 0 Å². The second-order valence-corrected chi connectivity index (χ2v) is 7.48. The van der Waals surface area contributed by atoms with Crippen molar-refractivity contribution in [2.45, 2.75) is 46.1 Å².